The predicted octanol–water partition coefficient (Wildman–Crippen LogP) is 6.84. The maximum absolute atomic E-state index is 6.40. The highest BCUT2D eigenvalue weighted by Gasteiger charge is 2.52. The highest BCUT2D eigenvalue weighted by Crippen LogP contribution is 2.37. The summed E-state index contributed by atoms with van der Waals surface area (Å²) in [6.45, 7) is 8.24. The van der Waals surface area contributed by atoms with Gasteiger partial charge in [-0.15, -0.1) is 0 Å². The number of hydrogen-bond acceptors (Lipinski definition) is 5. The van der Waals surface area contributed by atoms with E-state index in [0.717, 1.165) is 27.7 Å². The van der Waals surface area contributed by atoms with E-state index in [-0.39, 0.29) is 0 Å². The zero-order chi connectivity index (χ0) is 27.0. The first-order valence-corrected chi connectivity index (χ1v) is 13.2. The van der Waals surface area contributed by atoms with Crippen LogP contribution in [0.4, 0.5) is 0 Å². The van der Waals surface area contributed by atoms with Crippen molar-refractivity contribution in [3.05, 3.63) is 109 Å². The lowest BCUT2D eigenvalue weighted by atomic mass is 9.75. The van der Waals surface area contributed by atoms with Crippen molar-refractivity contribution in [3.63, 3.8) is 0 Å². The second-order valence-electron chi connectivity index (χ2n) is 10.8. The number of aromatic nitrogens is 3. The molecule has 0 spiro atoms. The molecule has 5 nitrogen and oxygen atoms in total. The molecule has 0 N–H and O–H groups in total. The molecule has 4 aromatic carbocycles. The third kappa shape index (κ3) is 4.89. The second kappa shape index (κ2) is 9.88. The van der Waals surface area contributed by atoms with Crippen LogP contribution >= 0.6 is 0 Å². The average molecular weight is 511 g/mol. The predicted molar refractivity (Wildman–Crippen MR) is 157 cm³/mol. The quantitative estimate of drug-likeness (QED) is 0.242. The van der Waals surface area contributed by atoms with Crippen LogP contribution in [0.25, 0.3) is 45.3 Å². The van der Waals surface area contributed by atoms with Gasteiger partial charge in [0.2, 0.25) is 0 Å². The molecule has 0 saturated carbocycles. The number of hydrogen-bond donors (Lipinski definition) is 0. The molecule has 0 bridgehead atoms. The van der Waals surface area contributed by atoms with Gasteiger partial charge in [-0.25, -0.2) is 15.0 Å². The minimum absolute atomic E-state index is 0.454. The molecule has 6 rings (SSSR count). The highest BCUT2D eigenvalue weighted by molar-refractivity contribution is 6.63. The van der Waals surface area contributed by atoms with Gasteiger partial charge >= 0.3 is 7.12 Å². The Morgan fingerprint density at radius 3 is 1.46 bits per heavy atom. The van der Waals surface area contributed by atoms with Crippen molar-refractivity contribution in [2.24, 2.45) is 0 Å². The van der Waals surface area contributed by atoms with E-state index in [1.807, 2.05) is 72.8 Å². The minimum Gasteiger partial charge on any atom is -0.399 e. The summed E-state index contributed by atoms with van der Waals surface area (Å²) in [5.41, 5.74) is 5.00. The van der Waals surface area contributed by atoms with Crippen molar-refractivity contribution in [2.45, 2.75) is 38.9 Å². The zero-order valence-corrected chi connectivity index (χ0v) is 22.6. The SMILES string of the molecule is CC1(C)OB(c2ccccc2-c2nc(-c3ccccc3)nc(-c3ccc(-c4ccccc4)cc3)n2)OC1(C)C. The van der Waals surface area contributed by atoms with Crippen molar-refractivity contribution < 1.29 is 9.31 Å². The smallest absolute Gasteiger partial charge is 0.399 e. The zero-order valence-electron chi connectivity index (χ0n) is 22.6. The first kappa shape index (κ1) is 25.2. The molecule has 2 heterocycles. The monoisotopic (exact) mass is 511 g/mol. The van der Waals surface area contributed by atoms with Crippen LogP contribution in [0.3, 0.4) is 0 Å². The third-order valence-electron chi connectivity index (χ3n) is 7.63. The normalized spacial score (nSPS) is 15.8. The van der Waals surface area contributed by atoms with Crippen molar-refractivity contribution >= 4 is 12.6 Å². The summed E-state index contributed by atoms with van der Waals surface area (Å²) in [6.07, 6.45) is 0. The van der Waals surface area contributed by atoms with Crippen molar-refractivity contribution in [3.8, 4) is 45.3 Å². The van der Waals surface area contributed by atoms with Gasteiger partial charge in [-0.2, -0.15) is 0 Å². The number of rotatable bonds is 5. The topological polar surface area (TPSA) is 57.1 Å². The van der Waals surface area contributed by atoms with Gasteiger partial charge in [-0.3, -0.25) is 0 Å². The van der Waals surface area contributed by atoms with E-state index in [0.29, 0.717) is 17.5 Å². The molecule has 0 radical (unpaired) electrons. The van der Waals surface area contributed by atoms with Gasteiger partial charge in [-0.05, 0) is 44.3 Å². The lowest BCUT2D eigenvalue weighted by molar-refractivity contribution is 0.00578. The molecule has 0 atom stereocenters. The maximum atomic E-state index is 6.40. The van der Waals surface area contributed by atoms with E-state index in [2.05, 4.69) is 64.1 Å². The molecule has 1 aromatic heterocycles. The average Bonchev–Trinajstić information content (AvgIpc) is 3.20. The molecule has 39 heavy (non-hydrogen) atoms. The molecule has 1 aliphatic heterocycles. The number of benzene rings is 4. The van der Waals surface area contributed by atoms with Crippen LogP contribution in [-0.4, -0.2) is 33.3 Å². The molecular formula is C33H30BN3O2. The minimum atomic E-state index is -0.531. The van der Waals surface area contributed by atoms with E-state index in [9.17, 15) is 0 Å². The van der Waals surface area contributed by atoms with E-state index in [4.69, 9.17) is 24.3 Å². The van der Waals surface area contributed by atoms with Crippen molar-refractivity contribution in [1.29, 1.82) is 0 Å². The summed E-state index contributed by atoms with van der Waals surface area (Å²) in [4.78, 5) is 14.8. The Kier molecular flexibility index (Phi) is 6.38. The molecule has 0 unspecified atom stereocenters. The van der Waals surface area contributed by atoms with Gasteiger partial charge < -0.3 is 9.31 Å². The Hall–Kier alpha value is -4.13. The summed E-state index contributed by atoms with van der Waals surface area (Å²) < 4.78 is 12.8. The summed E-state index contributed by atoms with van der Waals surface area (Å²) in [6, 6.07) is 36.7. The highest BCUT2D eigenvalue weighted by atomic mass is 16.7. The van der Waals surface area contributed by atoms with Crippen LogP contribution in [0.5, 0.6) is 0 Å². The molecular weight excluding hydrogens is 481 g/mol. The molecule has 192 valence electrons. The van der Waals surface area contributed by atoms with Gasteiger partial charge in [-0.1, -0.05) is 109 Å². The van der Waals surface area contributed by atoms with Crippen LogP contribution in [0, 0.1) is 0 Å². The molecule has 1 saturated heterocycles. The molecule has 5 aromatic rings. The van der Waals surface area contributed by atoms with Gasteiger partial charge in [0.25, 0.3) is 0 Å². The fourth-order valence-electron chi connectivity index (χ4n) is 4.66. The summed E-state index contributed by atoms with van der Waals surface area (Å²) in [7, 11) is -0.531. The second-order valence-corrected chi connectivity index (χ2v) is 10.8. The number of nitrogens with zero attached hydrogens (tertiary/aromatic N) is 3. The van der Waals surface area contributed by atoms with Gasteiger partial charge in [0.15, 0.2) is 17.5 Å². The lowest BCUT2D eigenvalue weighted by Gasteiger charge is -2.32. The molecule has 1 fully saturated rings. The summed E-state index contributed by atoms with van der Waals surface area (Å²) >= 11 is 0. The van der Waals surface area contributed by atoms with Crippen molar-refractivity contribution in [2.75, 3.05) is 0 Å². The Morgan fingerprint density at radius 1 is 0.462 bits per heavy atom. The van der Waals surface area contributed by atoms with Crippen LogP contribution in [0.1, 0.15) is 27.7 Å². The first-order valence-electron chi connectivity index (χ1n) is 13.2. The Labute approximate surface area is 230 Å². The van der Waals surface area contributed by atoms with Gasteiger partial charge in [0.1, 0.15) is 0 Å². The van der Waals surface area contributed by atoms with Crippen LogP contribution < -0.4 is 5.46 Å². The Bertz CT molecular complexity index is 1590. The van der Waals surface area contributed by atoms with E-state index >= 15 is 0 Å². The maximum Gasteiger partial charge on any atom is 0.495 e. The largest absolute Gasteiger partial charge is 0.495 e. The molecule has 6 heteroatoms. The van der Waals surface area contributed by atoms with E-state index < -0.39 is 18.3 Å². The van der Waals surface area contributed by atoms with E-state index in [1.165, 1.54) is 5.56 Å². The standard InChI is InChI=1S/C33H30BN3O2/c1-32(2)33(3,4)39-34(38-32)28-18-12-11-17-27(28)31-36-29(25-15-9-6-10-16-25)35-30(37-31)26-21-19-24(20-22-26)23-13-7-5-8-14-23/h5-22H,1-4H3. The van der Waals surface area contributed by atoms with Crippen LogP contribution in [0.15, 0.2) is 109 Å². The Morgan fingerprint density at radius 2 is 0.872 bits per heavy atom. The first-order chi connectivity index (χ1) is 18.8. The van der Waals surface area contributed by atoms with Gasteiger partial charge in [0.05, 0.1) is 11.2 Å². The van der Waals surface area contributed by atoms with Crippen LogP contribution in [-0.2, 0) is 9.31 Å². The van der Waals surface area contributed by atoms with Crippen LogP contribution in [0.2, 0.25) is 0 Å². The molecule has 0 aliphatic carbocycles. The van der Waals surface area contributed by atoms with Gasteiger partial charge in [0, 0.05) is 16.7 Å². The Balaban J connectivity index is 1.46. The molecule has 0 amide bonds. The summed E-state index contributed by atoms with van der Waals surface area (Å²) in [5, 5.41) is 0. The third-order valence-corrected chi connectivity index (χ3v) is 7.63. The lowest BCUT2D eigenvalue weighted by Crippen LogP contribution is -2.41. The fraction of sp³-hybridized carbons (Fsp3) is 0.182. The summed E-state index contributed by atoms with van der Waals surface area (Å²) in [5.74, 6) is 1.81. The van der Waals surface area contributed by atoms with E-state index in [1.54, 1.807) is 0 Å². The van der Waals surface area contributed by atoms with Crippen molar-refractivity contribution in [1.82, 2.24) is 15.0 Å². The molecule has 1 aliphatic rings. The fourth-order valence-corrected chi connectivity index (χ4v) is 4.66.